The lowest BCUT2D eigenvalue weighted by molar-refractivity contribution is 0.0437. The quantitative estimate of drug-likeness (QED) is 0.183. The van der Waals surface area contributed by atoms with Gasteiger partial charge in [0.1, 0.15) is 6.17 Å². The zero-order valence-corrected chi connectivity index (χ0v) is 22.1. The average Bonchev–Trinajstić information content (AvgIpc) is 3.01. The number of nitrogens with one attached hydrogen (secondary N) is 1. The van der Waals surface area contributed by atoms with Crippen LogP contribution < -0.4 is 5.32 Å². The molecule has 192 valence electrons. The number of ether oxygens (including phenoxy) is 1. The van der Waals surface area contributed by atoms with Crippen LogP contribution in [0.4, 0.5) is 4.39 Å². The molecule has 1 saturated carbocycles. The molecule has 0 saturated heterocycles. The van der Waals surface area contributed by atoms with E-state index in [4.69, 9.17) is 4.74 Å². The van der Waals surface area contributed by atoms with Crippen LogP contribution in [0.2, 0.25) is 0 Å². The summed E-state index contributed by atoms with van der Waals surface area (Å²) in [4.78, 5) is 0. The minimum atomic E-state index is -0.648. The Morgan fingerprint density at radius 3 is 2.52 bits per heavy atom. The summed E-state index contributed by atoms with van der Waals surface area (Å²) in [5.74, 6) is 0.987. The van der Waals surface area contributed by atoms with Gasteiger partial charge in [0.05, 0.1) is 6.10 Å². The second-order valence-corrected chi connectivity index (χ2v) is 10.8. The van der Waals surface area contributed by atoms with Gasteiger partial charge < -0.3 is 10.1 Å². The van der Waals surface area contributed by atoms with Gasteiger partial charge in [-0.2, -0.15) is 0 Å². The Bertz CT molecular complexity index is 547. The van der Waals surface area contributed by atoms with Gasteiger partial charge in [0, 0.05) is 12.6 Å². The normalized spacial score (nSPS) is 30.6. The molecular formula is C30H54FNO. The Morgan fingerprint density at radius 1 is 1.00 bits per heavy atom. The van der Waals surface area contributed by atoms with E-state index in [0.29, 0.717) is 24.0 Å². The molecule has 0 heterocycles. The molecule has 6 atom stereocenters. The van der Waals surface area contributed by atoms with Crippen LogP contribution in [0, 0.1) is 17.8 Å². The van der Waals surface area contributed by atoms with Crippen molar-refractivity contribution in [3.05, 3.63) is 24.3 Å². The number of halogens is 1. The lowest BCUT2D eigenvalue weighted by Gasteiger charge is -2.39. The van der Waals surface area contributed by atoms with E-state index >= 15 is 0 Å². The molecule has 0 aliphatic heterocycles. The summed E-state index contributed by atoms with van der Waals surface area (Å²) in [5, 5.41) is 3.89. The maximum absolute atomic E-state index is 14.8. The third kappa shape index (κ3) is 10.2. The summed E-state index contributed by atoms with van der Waals surface area (Å²) in [5.41, 5.74) is 1.57. The number of unbranched alkanes of at least 4 members (excludes halogenated alkanes) is 5. The van der Waals surface area contributed by atoms with Crippen molar-refractivity contribution in [2.75, 3.05) is 13.2 Å². The van der Waals surface area contributed by atoms with Crippen LogP contribution in [0.5, 0.6) is 0 Å². The van der Waals surface area contributed by atoms with Gasteiger partial charge in [-0.25, -0.2) is 4.39 Å². The lowest BCUT2D eigenvalue weighted by Crippen LogP contribution is -2.41. The highest BCUT2D eigenvalue weighted by Crippen LogP contribution is 2.40. The molecule has 2 rings (SSSR count). The van der Waals surface area contributed by atoms with Gasteiger partial charge >= 0.3 is 0 Å². The van der Waals surface area contributed by atoms with Crippen molar-refractivity contribution in [2.24, 2.45) is 17.8 Å². The van der Waals surface area contributed by atoms with Crippen LogP contribution in [0.3, 0.4) is 0 Å². The first-order valence-corrected chi connectivity index (χ1v) is 14.4. The maximum atomic E-state index is 14.8. The first kappa shape index (κ1) is 28.6. The van der Waals surface area contributed by atoms with E-state index in [-0.39, 0.29) is 5.92 Å². The number of rotatable bonds is 16. The van der Waals surface area contributed by atoms with Crippen molar-refractivity contribution in [1.29, 1.82) is 0 Å². The molecule has 2 aliphatic carbocycles. The molecule has 2 nitrogen and oxygen atoms in total. The molecule has 6 unspecified atom stereocenters. The van der Waals surface area contributed by atoms with Crippen molar-refractivity contribution in [1.82, 2.24) is 5.32 Å². The topological polar surface area (TPSA) is 21.3 Å². The van der Waals surface area contributed by atoms with Gasteiger partial charge in [0.25, 0.3) is 0 Å². The smallest absolute Gasteiger partial charge is 0.103 e. The highest BCUT2D eigenvalue weighted by atomic mass is 19.1. The summed E-state index contributed by atoms with van der Waals surface area (Å²) < 4.78 is 21.1. The molecule has 2 aliphatic rings. The van der Waals surface area contributed by atoms with Crippen molar-refractivity contribution in [2.45, 2.75) is 135 Å². The molecule has 1 N–H and O–H groups in total. The first-order chi connectivity index (χ1) is 16.1. The standard InChI is InChI=1S/C30H54FNO/c1-5-9-11-13-20-33-27-18-17-26(21-24(22-27)14-7-3)32-23-25-16-19-30(31)29(28(25)8-4)15-12-10-6-2/h8,21,25-30,32H,4-7,9-20,22-23H2,1-3H3. The Morgan fingerprint density at radius 2 is 1.79 bits per heavy atom. The molecule has 1 fully saturated rings. The Labute approximate surface area is 205 Å². The lowest BCUT2D eigenvalue weighted by atomic mass is 9.69. The van der Waals surface area contributed by atoms with E-state index in [1.807, 2.05) is 0 Å². The SMILES string of the molecule is C=CC1C(CNC2C=C(CCC)CC(OCCCCCC)CC2)CCC(F)C1CCCCC. The molecule has 0 radical (unpaired) electrons. The molecule has 33 heavy (non-hydrogen) atoms. The predicted molar refractivity (Wildman–Crippen MR) is 141 cm³/mol. The third-order valence-corrected chi connectivity index (χ3v) is 8.02. The van der Waals surface area contributed by atoms with Crippen LogP contribution in [0.15, 0.2) is 24.3 Å². The molecule has 0 aromatic rings. The zero-order valence-electron chi connectivity index (χ0n) is 22.1. The highest BCUT2D eigenvalue weighted by Gasteiger charge is 2.37. The van der Waals surface area contributed by atoms with Gasteiger partial charge in [-0.3, -0.25) is 0 Å². The molecular weight excluding hydrogens is 409 g/mol. The summed E-state index contributed by atoms with van der Waals surface area (Å²) in [7, 11) is 0. The number of hydrogen-bond acceptors (Lipinski definition) is 2. The molecule has 3 heteroatoms. The van der Waals surface area contributed by atoms with Crippen LogP contribution in [-0.2, 0) is 4.74 Å². The van der Waals surface area contributed by atoms with Crippen LogP contribution in [0.1, 0.15) is 117 Å². The summed E-state index contributed by atoms with van der Waals surface area (Å²) in [6.45, 7) is 12.8. The predicted octanol–water partition coefficient (Wildman–Crippen LogP) is 8.57. The molecule has 0 spiro atoms. The van der Waals surface area contributed by atoms with E-state index in [2.05, 4.69) is 44.8 Å². The summed E-state index contributed by atoms with van der Waals surface area (Å²) in [6.07, 6.45) is 21.4. The summed E-state index contributed by atoms with van der Waals surface area (Å²) >= 11 is 0. The van der Waals surface area contributed by atoms with Gasteiger partial charge in [-0.05, 0) is 75.7 Å². The van der Waals surface area contributed by atoms with E-state index in [9.17, 15) is 4.39 Å². The monoisotopic (exact) mass is 463 g/mol. The van der Waals surface area contributed by atoms with E-state index < -0.39 is 6.17 Å². The van der Waals surface area contributed by atoms with Gasteiger partial charge in [0.2, 0.25) is 0 Å². The fourth-order valence-corrected chi connectivity index (χ4v) is 6.07. The zero-order chi connectivity index (χ0) is 23.9. The van der Waals surface area contributed by atoms with Gasteiger partial charge in [0.15, 0.2) is 0 Å². The van der Waals surface area contributed by atoms with E-state index in [0.717, 1.165) is 58.1 Å². The first-order valence-electron chi connectivity index (χ1n) is 14.4. The van der Waals surface area contributed by atoms with Crippen molar-refractivity contribution in [3.8, 4) is 0 Å². The Balaban J connectivity index is 1.88. The van der Waals surface area contributed by atoms with Crippen LogP contribution in [0.25, 0.3) is 0 Å². The van der Waals surface area contributed by atoms with E-state index in [1.165, 1.54) is 51.4 Å². The fraction of sp³-hybridized carbons (Fsp3) is 0.867. The summed E-state index contributed by atoms with van der Waals surface area (Å²) in [6, 6.07) is 0.423. The third-order valence-electron chi connectivity index (χ3n) is 8.02. The molecule has 0 amide bonds. The Kier molecular flexibility index (Phi) is 14.6. The minimum absolute atomic E-state index is 0.167. The maximum Gasteiger partial charge on any atom is 0.103 e. The molecule has 0 aromatic heterocycles. The number of hydrogen-bond donors (Lipinski definition) is 1. The Hall–Kier alpha value is -0.670. The van der Waals surface area contributed by atoms with E-state index in [1.54, 1.807) is 5.57 Å². The minimum Gasteiger partial charge on any atom is -0.378 e. The van der Waals surface area contributed by atoms with Crippen molar-refractivity contribution >= 4 is 0 Å². The number of allylic oxidation sites excluding steroid dienone is 1. The largest absolute Gasteiger partial charge is 0.378 e. The molecule has 0 aromatic carbocycles. The second-order valence-electron chi connectivity index (χ2n) is 10.8. The van der Waals surface area contributed by atoms with Crippen LogP contribution in [-0.4, -0.2) is 31.5 Å². The van der Waals surface area contributed by atoms with Crippen molar-refractivity contribution < 1.29 is 9.13 Å². The molecule has 0 bridgehead atoms. The average molecular weight is 464 g/mol. The highest BCUT2D eigenvalue weighted by molar-refractivity contribution is 5.11. The fourth-order valence-electron chi connectivity index (χ4n) is 6.07. The number of alkyl halides is 1. The van der Waals surface area contributed by atoms with Crippen LogP contribution >= 0.6 is 0 Å². The van der Waals surface area contributed by atoms with Gasteiger partial charge in [-0.1, -0.05) is 83.4 Å². The second kappa shape index (κ2) is 16.9. The van der Waals surface area contributed by atoms with Crippen molar-refractivity contribution in [3.63, 3.8) is 0 Å². The van der Waals surface area contributed by atoms with Gasteiger partial charge in [-0.15, -0.1) is 6.58 Å².